The van der Waals surface area contributed by atoms with Crippen LogP contribution in [0.2, 0.25) is 0 Å². The first-order valence-corrected chi connectivity index (χ1v) is 11.8. The molecule has 0 atom stereocenters. The number of anilines is 1. The van der Waals surface area contributed by atoms with E-state index in [2.05, 4.69) is 5.32 Å². The van der Waals surface area contributed by atoms with Gasteiger partial charge in [-0.2, -0.15) is 4.31 Å². The molecule has 0 saturated carbocycles. The quantitative estimate of drug-likeness (QED) is 0.681. The Bertz CT molecular complexity index is 999. The molecular formula is C20H23N3O4S2. The van der Waals surface area contributed by atoms with Crippen molar-refractivity contribution in [3.63, 3.8) is 0 Å². The Morgan fingerprint density at radius 3 is 2.28 bits per heavy atom. The largest absolute Gasteiger partial charge is 0.366 e. The Kier molecular flexibility index (Phi) is 6.61. The molecular weight excluding hydrogens is 410 g/mol. The average Bonchev–Trinajstić information content (AvgIpc) is 2.74. The normalized spacial score (nSPS) is 15.8. The maximum absolute atomic E-state index is 12.8. The Morgan fingerprint density at radius 1 is 1.07 bits per heavy atom. The van der Waals surface area contributed by atoms with E-state index >= 15 is 0 Å². The maximum atomic E-state index is 12.8. The number of carbonyl (C=O) groups is 2. The summed E-state index contributed by atoms with van der Waals surface area (Å²) in [5.74, 6) is -1.18. The average molecular weight is 434 g/mol. The predicted octanol–water partition coefficient (Wildman–Crippen LogP) is 2.55. The SMILES string of the molecule is CSc1ccc(S(=O)(=O)N2CCC(C(=O)Nc3ccccc3C(N)=O)CC2)cc1. The van der Waals surface area contributed by atoms with Gasteiger partial charge in [0.25, 0.3) is 5.91 Å². The zero-order valence-electron chi connectivity index (χ0n) is 16.0. The molecule has 1 fully saturated rings. The number of benzene rings is 2. The second-order valence-corrected chi connectivity index (χ2v) is 9.57. The third kappa shape index (κ3) is 4.80. The lowest BCUT2D eigenvalue weighted by Gasteiger charge is -2.30. The van der Waals surface area contributed by atoms with Crippen molar-refractivity contribution in [2.75, 3.05) is 24.7 Å². The number of piperidine rings is 1. The highest BCUT2D eigenvalue weighted by Gasteiger charge is 2.32. The number of nitrogens with one attached hydrogen (secondary N) is 1. The van der Waals surface area contributed by atoms with Gasteiger partial charge in [0.1, 0.15) is 0 Å². The third-order valence-corrected chi connectivity index (χ3v) is 7.63. The van der Waals surface area contributed by atoms with Crippen molar-refractivity contribution in [3.05, 3.63) is 54.1 Å². The number of rotatable bonds is 6. The molecule has 1 heterocycles. The number of carbonyl (C=O) groups excluding carboxylic acids is 2. The number of thioether (sulfide) groups is 1. The maximum Gasteiger partial charge on any atom is 0.250 e. The molecule has 0 aromatic heterocycles. The summed E-state index contributed by atoms with van der Waals surface area (Å²) in [5.41, 5.74) is 5.96. The number of amides is 2. The van der Waals surface area contributed by atoms with Crippen molar-refractivity contribution in [3.8, 4) is 0 Å². The van der Waals surface area contributed by atoms with Crippen LogP contribution in [0, 0.1) is 5.92 Å². The summed E-state index contributed by atoms with van der Waals surface area (Å²) in [4.78, 5) is 25.4. The van der Waals surface area contributed by atoms with E-state index in [-0.39, 0.29) is 35.4 Å². The van der Waals surface area contributed by atoms with Crippen LogP contribution in [-0.2, 0) is 14.8 Å². The van der Waals surface area contributed by atoms with Gasteiger partial charge < -0.3 is 11.1 Å². The summed E-state index contributed by atoms with van der Waals surface area (Å²) in [6.45, 7) is 0.532. The standard InChI is InChI=1S/C20H23N3O4S2/c1-28-15-6-8-16(9-7-15)29(26,27)23-12-10-14(11-13-23)20(25)22-18-5-3-2-4-17(18)19(21)24/h2-9,14H,10-13H2,1H3,(H2,21,24)(H,22,25). The number of nitrogens with two attached hydrogens (primary N) is 1. The molecule has 1 saturated heterocycles. The van der Waals surface area contributed by atoms with Gasteiger partial charge in [0.2, 0.25) is 15.9 Å². The first kappa shape index (κ1) is 21.4. The molecule has 0 aliphatic carbocycles. The van der Waals surface area contributed by atoms with E-state index in [1.807, 2.05) is 6.26 Å². The zero-order chi connectivity index (χ0) is 21.0. The van der Waals surface area contributed by atoms with Crippen LogP contribution in [0.4, 0.5) is 5.69 Å². The van der Waals surface area contributed by atoms with E-state index < -0.39 is 15.9 Å². The van der Waals surface area contributed by atoms with Crippen LogP contribution in [0.1, 0.15) is 23.2 Å². The highest BCUT2D eigenvalue weighted by molar-refractivity contribution is 7.98. The van der Waals surface area contributed by atoms with Crippen molar-refractivity contribution in [2.45, 2.75) is 22.6 Å². The number of para-hydroxylation sites is 1. The third-order valence-electron chi connectivity index (χ3n) is 4.97. The van der Waals surface area contributed by atoms with E-state index in [9.17, 15) is 18.0 Å². The summed E-state index contributed by atoms with van der Waals surface area (Å²) < 4.78 is 27.1. The summed E-state index contributed by atoms with van der Waals surface area (Å²) in [6, 6.07) is 13.3. The number of hydrogen-bond acceptors (Lipinski definition) is 5. The van der Waals surface area contributed by atoms with E-state index in [4.69, 9.17) is 5.73 Å². The van der Waals surface area contributed by atoms with Crippen molar-refractivity contribution >= 4 is 39.3 Å². The topological polar surface area (TPSA) is 110 Å². The lowest BCUT2D eigenvalue weighted by molar-refractivity contribution is -0.120. The molecule has 0 spiro atoms. The van der Waals surface area contributed by atoms with E-state index in [1.165, 1.54) is 4.31 Å². The molecule has 29 heavy (non-hydrogen) atoms. The molecule has 2 amide bonds. The van der Waals surface area contributed by atoms with Crippen LogP contribution in [0.3, 0.4) is 0 Å². The van der Waals surface area contributed by atoms with Gasteiger partial charge in [-0.05, 0) is 55.5 Å². The molecule has 0 radical (unpaired) electrons. The van der Waals surface area contributed by atoms with Crippen LogP contribution in [-0.4, -0.2) is 43.9 Å². The fraction of sp³-hybridized carbons (Fsp3) is 0.300. The van der Waals surface area contributed by atoms with Gasteiger partial charge in [0.15, 0.2) is 0 Å². The minimum absolute atomic E-state index is 0.236. The second kappa shape index (κ2) is 8.98. The number of hydrogen-bond donors (Lipinski definition) is 2. The highest BCUT2D eigenvalue weighted by Crippen LogP contribution is 2.26. The fourth-order valence-electron chi connectivity index (χ4n) is 3.30. The molecule has 0 unspecified atom stereocenters. The first-order chi connectivity index (χ1) is 13.8. The minimum Gasteiger partial charge on any atom is -0.366 e. The summed E-state index contributed by atoms with van der Waals surface area (Å²) in [7, 11) is -3.58. The molecule has 154 valence electrons. The van der Waals surface area contributed by atoms with Gasteiger partial charge in [-0.1, -0.05) is 12.1 Å². The monoisotopic (exact) mass is 433 g/mol. The Morgan fingerprint density at radius 2 is 1.69 bits per heavy atom. The van der Waals surface area contributed by atoms with E-state index in [0.717, 1.165) is 4.90 Å². The van der Waals surface area contributed by atoms with Crippen LogP contribution >= 0.6 is 11.8 Å². The first-order valence-electron chi connectivity index (χ1n) is 9.17. The lowest BCUT2D eigenvalue weighted by atomic mass is 9.97. The highest BCUT2D eigenvalue weighted by atomic mass is 32.2. The van der Waals surface area contributed by atoms with Gasteiger partial charge >= 0.3 is 0 Å². The van der Waals surface area contributed by atoms with Gasteiger partial charge in [0.05, 0.1) is 16.1 Å². The van der Waals surface area contributed by atoms with Crippen LogP contribution in [0.25, 0.3) is 0 Å². The predicted molar refractivity (Wildman–Crippen MR) is 113 cm³/mol. The zero-order valence-corrected chi connectivity index (χ0v) is 17.6. The number of nitrogens with zero attached hydrogens (tertiary/aromatic N) is 1. The smallest absolute Gasteiger partial charge is 0.250 e. The number of sulfonamides is 1. The van der Waals surface area contributed by atoms with E-state index in [0.29, 0.717) is 18.5 Å². The molecule has 1 aliphatic rings. The molecule has 1 aliphatic heterocycles. The lowest BCUT2D eigenvalue weighted by Crippen LogP contribution is -2.41. The van der Waals surface area contributed by atoms with Crippen molar-refractivity contribution in [1.82, 2.24) is 4.31 Å². The van der Waals surface area contributed by atoms with Gasteiger partial charge in [-0.15, -0.1) is 11.8 Å². The van der Waals surface area contributed by atoms with E-state index in [1.54, 1.807) is 60.3 Å². The van der Waals surface area contributed by atoms with Gasteiger partial charge in [-0.3, -0.25) is 9.59 Å². The minimum atomic E-state index is -3.58. The summed E-state index contributed by atoms with van der Waals surface area (Å²) in [5, 5.41) is 2.75. The van der Waals surface area contributed by atoms with Crippen LogP contribution < -0.4 is 11.1 Å². The van der Waals surface area contributed by atoms with Gasteiger partial charge in [-0.25, -0.2) is 8.42 Å². The van der Waals surface area contributed by atoms with Gasteiger partial charge in [0, 0.05) is 23.9 Å². The second-order valence-electron chi connectivity index (χ2n) is 6.75. The van der Waals surface area contributed by atoms with Crippen molar-refractivity contribution in [2.24, 2.45) is 11.7 Å². The Hall–Kier alpha value is -2.36. The summed E-state index contributed by atoms with van der Waals surface area (Å²) in [6.07, 6.45) is 2.75. The molecule has 3 N–H and O–H groups in total. The molecule has 0 bridgehead atoms. The van der Waals surface area contributed by atoms with Crippen molar-refractivity contribution < 1.29 is 18.0 Å². The Balaban J connectivity index is 1.64. The summed E-state index contributed by atoms with van der Waals surface area (Å²) >= 11 is 1.55. The van der Waals surface area contributed by atoms with Crippen LogP contribution in [0.5, 0.6) is 0 Å². The molecule has 2 aromatic carbocycles. The molecule has 3 rings (SSSR count). The molecule has 7 nitrogen and oxygen atoms in total. The van der Waals surface area contributed by atoms with Crippen molar-refractivity contribution in [1.29, 1.82) is 0 Å². The molecule has 2 aromatic rings. The van der Waals surface area contributed by atoms with Crippen LogP contribution in [0.15, 0.2) is 58.3 Å². The Labute approximate surface area is 174 Å². The molecule has 9 heteroatoms. The fourth-order valence-corrected chi connectivity index (χ4v) is 5.17. The number of primary amides is 1.